The number of benzene rings is 1. The molecule has 128 valence electrons. The number of carboxylic acid groups (broad SMARTS) is 1. The van der Waals surface area contributed by atoms with Gasteiger partial charge in [0.15, 0.2) is 5.82 Å². The molecule has 0 aliphatic heterocycles. The Morgan fingerprint density at radius 1 is 1.20 bits per heavy atom. The normalized spacial score (nSPS) is 10.6. The van der Waals surface area contributed by atoms with E-state index in [0.717, 1.165) is 5.56 Å². The maximum Gasteiger partial charge on any atom is 0.325 e. The molecule has 0 fully saturated rings. The first kappa shape index (κ1) is 16.8. The monoisotopic (exact) mass is 357 g/mol. The number of nitrogens with zero attached hydrogens (tertiary/aromatic N) is 4. The number of carbonyl (C=O) groups excluding carboxylic acids is 1. The summed E-state index contributed by atoms with van der Waals surface area (Å²) in [6.07, 6.45) is 0.988. The van der Waals surface area contributed by atoms with E-state index in [1.165, 1.54) is 16.0 Å². The van der Waals surface area contributed by atoms with Gasteiger partial charge in [-0.05, 0) is 33.9 Å². The minimum Gasteiger partial charge on any atom is -0.480 e. The smallest absolute Gasteiger partial charge is 0.325 e. The topological polar surface area (TPSA) is 110 Å². The van der Waals surface area contributed by atoms with Gasteiger partial charge in [0.25, 0.3) is 0 Å². The number of carboxylic acids is 1. The van der Waals surface area contributed by atoms with Crippen LogP contribution >= 0.6 is 11.3 Å². The average molecular weight is 357 g/mol. The molecule has 0 bridgehead atoms. The predicted molar refractivity (Wildman–Crippen MR) is 92.2 cm³/mol. The molecule has 1 amide bonds. The number of amides is 1. The number of nitrogens with one attached hydrogen (secondary N) is 1. The highest BCUT2D eigenvalue weighted by atomic mass is 32.1. The number of aryl methyl sites for hydroxylation is 1. The van der Waals surface area contributed by atoms with E-state index in [4.69, 9.17) is 5.11 Å². The van der Waals surface area contributed by atoms with Crippen molar-refractivity contribution < 1.29 is 14.7 Å². The summed E-state index contributed by atoms with van der Waals surface area (Å²) in [5.41, 5.74) is 1.66. The van der Waals surface area contributed by atoms with Crippen molar-refractivity contribution in [2.45, 2.75) is 19.4 Å². The third-order valence-corrected chi connectivity index (χ3v) is 4.35. The van der Waals surface area contributed by atoms with Crippen molar-refractivity contribution in [2.75, 3.05) is 5.32 Å². The largest absolute Gasteiger partial charge is 0.480 e. The summed E-state index contributed by atoms with van der Waals surface area (Å²) >= 11 is 1.33. The number of aromatic nitrogens is 4. The van der Waals surface area contributed by atoms with E-state index in [-0.39, 0.29) is 12.5 Å². The van der Waals surface area contributed by atoms with Crippen molar-refractivity contribution in [1.29, 1.82) is 0 Å². The lowest BCUT2D eigenvalue weighted by molar-refractivity contribution is -0.137. The highest BCUT2D eigenvalue weighted by molar-refractivity contribution is 7.14. The molecule has 25 heavy (non-hydrogen) atoms. The van der Waals surface area contributed by atoms with E-state index in [1.54, 1.807) is 11.4 Å². The lowest BCUT2D eigenvalue weighted by Gasteiger charge is -2.06. The fourth-order valence-corrected chi connectivity index (χ4v) is 3.14. The van der Waals surface area contributed by atoms with Crippen molar-refractivity contribution in [1.82, 2.24) is 20.2 Å². The van der Waals surface area contributed by atoms with Crippen LogP contribution in [0.2, 0.25) is 0 Å². The molecule has 0 unspecified atom stereocenters. The van der Waals surface area contributed by atoms with Crippen LogP contribution in [0.1, 0.15) is 12.0 Å². The number of anilines is 1. The Kier molecular flexibility index (Phi) is 5.14. The summed E-state index contributed by atoms with van der Waals surface area (Å²) in [7, 11) is 0. The molecule has 0 saturated heterocycles. The van der Waals surface area contributed by atoms with Crippen LogP contribution in [0.25, 0.3) is 10.7 Å². The van der Waals surface area contributed by atoms with Crippen LogP contribution in [0.3, 0.4) is 0 Å². The van der Waals surface area contributed by atoms with Gasteiger partial charge in [-0.25, -0.2) is 4.68 Å². The number of hydrogen-bond acceptors (Lipinski definition) is 6. The summed E-state index contributed by atoms with van der Waals surface area (Å²) < 4.78 is 1.19. The van der Waals surface area contributed by atoms with Crippen LogP contribution in [0.15, 0.2) is 41.8 Å². The highest BCUT2D eigenvalue weighted by Crippen LogP contribution is 2.32. The van der Waals surface area contributed by atoms with E-state index in [2.05, 4.69) is 20.8 Å². The first-order valence-electron chi connectivity index (χ1n) is 7.53. The maximum absolute atomic E-state index is 12.2. The Balaban J connectivity index is 1.69. The lowest BCUT2D eigenvalue weighted by Crippen LogP contribution is -2.14. The number of rotatable bonds is 7. The summed E-state index contributed by atoms with van der Waals surface area (Å²) in [5.74, 6) is -0.852. The first-order chi connectivity index (χ1) is 12.1. The van der Waals surface area contributed by atoms with Gasteiger partial charge in [-0.1, -0.05) is 30.3 Å². The molecule has 0 aliphatic rings. The van der Waals surface area contributed by atoms with Gasteiger partial charge >= 0.3 is 5.97 Å². The fourth-order valence-electron chi connectivity index (χ4n) is 2.30. The Bertz CT molecular complexity index is 875. The Hall–Kier alpha value is -3.07. The minimum atomic E-state index is -1.04. The second-order valence-corrected chi connectivity index (χ2v) is 6.17. The number of tetrazole rings is 1. The Morgan fingerprint density at radius 3 is 2.76 bits per heavy atom. The van der Waals surface area contributed by atoms with Gasteiger partial charge in [-0.3, -0.25) is 9.59 Å². The van der Waals surface area contributed by atoms with Gasteiger partial charge in [-0.15, -0.1) is 16.4 Å². The molecule has 8 nitrogen and oxygen atoms in total. The molecule has 0 aliphatic carbocycles. The number of carbonyl (C=O) groups is 2. The van der Waals surface area contributed by atoms with Crippen LogP contribution in [0.5, 0.6) is 0 Å². The van der Waals surface area contributed by atoms with E-state index >= 15 is 0 Å². The summed E-state index contributed by atoms with van der Waals surface area (Å²) in [6.45, 7) is -0.346. The Morgan fingerprint density at radius 2 is 2.00 bits per heavy atom. The maximum atomic E-state index is 12.2. The molecule has 0 spiro atoms. The molecule has 9 heteroatoms. The summed E-state index contributed by atoms with van der Waals surface area (Å²) in [4.78, 5) is 23.7. The molecular weight excluding hydrogens is 342 g/mol. The predicted octanol–water partition coefficient (Wildman–Crippen LogP) is 2.06. The second kappa shape index (κ2) is 7.67. The number of thiophene rings is 1. The molecule has 0 atom stereocenters. The minimum absolute atomic E-state index is 0.124. The quantitative estimate of drug-likeness (QED) is 0.670. The molecule has 3 rings (SSSR count). The van der Waals surface area contributed by atoms with Crippen LogP contribution in [0, 0.1) is 0 Å². The number of aliphatic carboxylic acids is 1. The molecule has 2 N–H and O–H groups in total. The van der Waals surface area contributed by atoms with Crippen LogP contribution in [-0.2, 0) is 22.6 Å². The SMILES string of the molecule is O=C(O)Cn1nnnc1-c1sccc1NC(=O)CCc1ccccc1. The molecule has 0 radical (unpaired) electrons. The highest BCUT2D eigenvalue weighted by Gasteiger charge is 2.17. The molecule has 2 aromatic heterocycles. The standard InChI is InChI=1S/C16H15N5O3S/c22-13(7-6-11-4-2-1-3-5-11)17-12-8-9-25-15(12)16-18-19-20-21(16)10-14(23)24/h1-5,8-9H,6-7,10H2,(H,17,22)(H,23,24). The molecular formula is C16H15N5O3S. The molecule has 1 aromatic carbocycles. The van der Waals surface area contributed by atoms with Crippen LogP contribution in [-0.4, -0.2) is 37.2 Å². The van der Waals surface area contributed by atoms with Gasteiger partial charge in [0.1, 0.15) is 6.54 Å². The van der Waals surface area contributed by atoms with E-state index in [9.17, 15) is 9.59 Å². The van der Waals surface area contributed by atoms with Crippen molar-refractivity contribution >= 4 is 28.9 Å². The van der Waals surface area contributed by atoms with E-state index in [0.29, 0.717) is 29.2 Å². The lowest BCUT2D eigenvalue weighted by atomic mass is 10.1. The fraction of sp³-hybridized carbons (Fsp3) is 0.188. The zero-order valence-corrected chi connectivity index (χ0v) is 13.9. The van der Waals surface area contributed by atoms with Crippen LogP contribution in [0.4, 0.5) is 5.69 Å². The van der Waals surface area contributed by atoms with Gasteiger partial charge < -0.3 is 10.4 Å². The summed E-state index contributed by atoms with van der Waals surface area (Å²) in [6, 6.07) is 11.5. The van der Waals surface area contributed by atoms with Crippen molar-refractivity contribution in [3.8, 4) is 10.7 Å². The van der Waals surface area contributed by atoms with Crippen molar-refractivity contribution in [3.63, 3.8) is 0 Å². The van der Waals surface area contributed by atoms with E-state index < -0.39 is 5.97 Å². The van der Waals surface area contributed by atoms with Gasteiger partial charge in [0, 0.05) is 6.42 Å². The van der Waals surface area contributed by atoms with Gasteiger partial charge in [0.2, 0.25) is 5.91 Å². The average Bonchev–Trinajstić information content (AvgIpc) is 3.22. The zero-order valence-electron chi connectivity index (χ0n) is 13.1. The van der Waals surface area contributed by atoms with Crippen molar-refractivity contribution in [3.05, 3.63) is 47.3 Å². The van der Waals surface area contributed by atoms with Gasteiger partial charge in [0.05, 0.1) is 10.6 Å². The summed E-state index contributed by atoms with van der Waals surface area (Å²) in [5, 5.41) is 24.6. The second-order valence-electron chi connectivity index (χ2n) is 5.25. The number of hydrogen-bond donors (Lipinski definition) is 2. The molecule has 3 aromatic rings. The third kappa shape index (κ3) is 4.27. The third-order valence-electron chi connectivity index (χ3n) is 3.44. The van der Waals surface area contributed by atoms with E-state index in [1.807, 2.05) is 30.3 Å². The zero-order chi connectivity index (χ0) is 17.6. The van der Waals surface area contributed by atoms with Crippen molar-refractivity contribution in [2.24, 2.45) is 0 Å². The van der Waals surface area contributed by atoms with Crippen LogP contribution < -0.4 is 5.32 Å². The molecule has 0 saturated carbocycles. The first-order valence-corrected chi connectivity index (χ1v) is 8.41. The molecule has 2 heterocycles. The Labute approximate surface area is 147 Å². The van der Waals surface area contributed by atoms with Gasteiger partial charge in [-0.2, -0.15) is 0 Å².